The maximum Gasteiger partial charge on any atom is 0.307 e. The quantitative estimate of drug-likeness (QED) is 0.757. The molecule has 0 radical (unpaired) electrons. The van der Waals surface area contributed by atoms with Crippen LogP contribution in [0.25, 0.3) is 0 Å². The highest BCUT2D eigenvalue weighted by Gasteiger charge is 2.18. The molecular formula is C19H21N3O4. The van der Waals surface area contributed by atoms with Crippen LogP contribution < -0.4 is 10.2 Å². The van der Waals surface area contributed by atoms with Gasteiger partial charge in [-0.15, -0.1) is 0 Å². The second-order valence-electron chi connectivity index (χ2n) is 6.34. The zero-order valence-electron chi connectivity index (χ0n) is 14.3. The van der Waals surface area contributed by atoms with Crippen molar-refractivity contribution in [1.29, 1.82) is 0 Å². The smallest absolute Gasteiger partial charge is 0.307 e. The topological polar surface area (TPSA) is 103 Å². The summed E-state index contributed by atoms with van der Waals surface area (Å²) in [6, 6.07) is 10.3. The largest absolute Gasteiger partial charge is 0.481 e. The van der Waals surface area contributed by atoms with E-state index in [4.69, 9.17) is 5.11 Å². The van der Waals surface area contributed by atoms with Gasteiger partial charge in [-0.1, -0.05) is 12.1 Å². The van der Waals surface area contributed by atoms with Gasteiger partial charge in [-0.05, 0) is 42.7 Å². The molecule has 1 aliphatic heterocycles. The summed E-state index contributed by atoms with van der Waals surface area (Å²) in [5.41, 5.74) is 2.33. The molecule has 7 heteroatoms. The number of aliphatic hydroxyl groups is 1. The lowest BCUT2D eigenvalue weighted by molar-refractivity contribution is -0.136. The Bertz CT molecular complexity index is 801. The van der Waals surface area contributed by atoms with Crippen molar-refractivity contribution in [2.75, 3.05) is 23.3 Å². The van der Waals surface area contributed by atoms with Gasteiger partial charge in [0.25, 0.3) is 5.91 Å². The Kier molecular flexibility index (Phi) is 5.48. The molecule has 1 saturated heterocycles. The lowest BCUT2D eigenvalue weighted by Gasteiger charge is -2.31. The molecule has 0 aliphatic carbocycles. The zero-order chi connectivity index (χ0) is 18.5. The number of pyridine rings is 1. The first-order chi connectivity index (χ1) is 12.5. The van der Waals surface area contributed by atoms with Crippen molar-refractivity contribution in [3.05, 3.63) is 53.9 Å². The van der Waals surface area contributed by atoms with Crippen LogP contribution in [0.3, 0.4) is 0 Å². The van der Waals surface area contributed by atoms with E-state index in [0.29, 0.717) is 24.1 Å². The fourth-order valence-electron chi connectivity index (χ4n) is 2.99. The van der Waals surface area contributed by atoms with Crippen LogP contribution in [0.5, 0.6) is 0 Å². The molecular weight excluding hydrogens is 334 g/mol. The minimum atomic E-state index is -0.922. The zero-order valence-corrected chi connectivity index (χ0v) is 14.3. The van der Waals surface area contributed by atoms with Gasteiger partial charge < -0.3 is 20.4 Å². The average molecular weight is 355 g/mol. The fourth-order valence-corrected chi connectivity index (χ4v) is 2.99. The van der Waals surface area contributed by atoms with Gasteiger partial charge in [0.15, 0.2) is 0 Å². The summed E-state index contributed by atoms with van der Waals surface area (Å²) in [6.45, 7) is 1.48. The fraction of sp³-hybridized carbons (Fsp3) is 0.316. The van der Waals surface area contributed by atoms with Gasteiger partial charge in [-0.2, -0.15) is 0 Å². The molecule has 0 saturated carbocycles. The Balaban J connectivity index is 1.70. The maximum absolute atomic E-state index is 12.5. The van der Waals surface area contributed by atoms with Crippen molar-refractivity contribution >= 4 is 23.3 Å². The van der Waals surface area contributed by atoms with E-state index in [0.717, 1.165) is 18.8 Å². The molecule has 2 aromatic rings. The summed E-state index contributed by atoms with van der Waals surface area (Å²) >= 11 is 0. The minimum absolute atomic E-state index is 0.0990. The first-order valence-corrected chi connectivity index (χ1v) is 8.52. The van der Waals surface area contributed by atoms with Gasteiger partial charge in [-0.3, -0.25) is 14.6 Å². The van der Waals surface area contributed by atoms with Gasteiger partial charge in [0, 0.05) is 30.7 Å². The molecule has 2 heterocycles. The Hall–Kier alpha value is -2.93. The molecule has 0 spiro atoms. The minimum Gasteiger partial charge on any atom is -0.481 e. The molecule has 7 nitrogen and oxygen atoms in total. The number of hydrogen-bond acceptors (Lipinski definition) is 5. The summed E-state index contributed by atoms with van der Waals surface area (Å²) < 4.78 is 0. The normalized spacial score (nSPS) is 14.9. The van der Waals surface area contributed by atoms with Gasteiger partial charge in [-0.25, -0.2) is 0 Å². The third-order valence-electron chi connectivity index (χ3n) is 4.35. The second-order valence-corrected chi connectivity index (χ2v) is 6.34. The average Bonchev–Trinajstić information content (AvgIpc) is 2.62. The maximum atomic E-state index is 12.5. The molecule has 136 valence electrons. The lowest BCUT2D eigenvalue weighted by atomic mass is 10.1. The van der Waals surface area contributed by atoms with E-state index in [1.165, 1.54) is 0 Å². The van der Waals surface area contributed by atoms with Crippen LogP contribution in [-0.4, -0.2) is 46.3 Å². The number of benzene rings is 1. The van der Waals surface area contributed by atoms with E-state index in [2.05, 4.69) is 15.2 Å². The van der Waals surface area contributed by atoms with Crippen molar-refractivity contribution < 1.29 is 19.8 Å². The summed E-state index contributed by atoms with van der Waals surface area (Å²) in [5.74, 6) is -1.27. The molecule has 0 bridgehead atoms. The van der Waals surface area contributed by atoms with E-state index < -0.39 is 5.97 Å². The number of carboxylic acids is 1. The number of amides is 1. The molecule has 1 amide bonds. The third kappa shape index (κ3) is 4.58. The van der Waals surface area contributed by atoms with E-state index in [1.807, 2.05) is 6.07 Å². The van der Waals surface area contributed by atoms with Crippen molar-refractivity contribution in [3.63, 3.8) is 0 Å². The molecule has 3 rings (SSSR count). The van der Waals surface area contributed by atoms with E-state index in [-0.39, 0.29) is 24.1 Å². The number of hydrogen-bond donors (Lipinski definition) is 3. The monoisotopic (exact) mass is 355 g/mol. The number of nitrogens with one attached hydrogen (secondary N) is 1. The Morgan fingerprint density at radius 1 is 1.19 bits per heavy atom. The van der Waals surface area contributed by atoms with Crippen LogP contribution in [-0.2, 0) is 11.2 Å². The lowest BCUT2D eigenvalue weighted by Crippen LogP contribution is -2.35. The van der Waals surface area contributed by atoms with E-state index in [9.17, 15) is 14.7 Å². The molecule has 3 N–H and O–H groups in total. The predicted molar refractivity (Wildman–Crippen MR) is 97.4 cm³/mol. The number of rotatable bonds is 5. The molecule has 26 heavy (non-hydrogen) atoms. The highest BCUT2D eigenvalue weighted by atomic mass is 16.4. The van der Waals surface area contributed by atoms with Crippen LogP contribution in [0.4, 0.5) is 11.4 Å². The van der Waals surface area contributed by atoms with Crippen molar-refractivity contribution in [1.82, 2.24) is 4.98 Å². The highest BCUT2D eigenvalue weighted by molar-refractivity contribution is 6.03. The van der Waals surface area contributed by atoms with Gasteiger partial charge in [0.05, 0.1) is 12.5 Å². The number of aliphatic hydroxyl groups excluding tert-OH is 1. The SMILES string of the molecule is O=C(O)Cc1cccc(NC(=O)c2cc(N3CCC(O)CC3)ccn2)c1. The Morgan fingerprint density at radius 3 is 2.69 bits per heavy atom. The number of piperidine rings is 1. The van der Waals surface area contributed by atoms with Crippen LogP contribution >= 0.6 is 0 Å². The number of anilines is 2. The standard InChI is InChI=1S/C19H21N3O4/c23-16-5-8-22(9-6-16)15-4-7-20-17(12-15)19(26)21-14-3-1-2-13(10-14)11-18(24)25/h1-4,7,10,12,16,23H,5-6,8-9,11H2,(H,21,26)(H,24,25). The van der Waals surface area contributed by atoms with Crippen LogP contribution in [0.15, 0.2) is 42.6 Å². The number of aromatic nitrogens is 1. The molecule has 0 atom stereocenters. The van der Waals surface area contributed by atoms with Gasteiger partial charge >= 0.3 is 5.97 Å². The molecule has 1 aliphatic rings. The predicted octanol–water partition coefficient (Wildman–Crippen LogP) is 1.92. The number of nitrogens with zero attached hydrogens (tertiary/aromatic N) is 2. The van der Waals surface area contributed by atoms with Gasteiger partial charge in [0.1, 0.15) is 5.69 Å². The number of carboxylic acid groups (broad SMARTS) is 1. The van der Waals surface area contributed by atoms with E-state index >= 15 is 0 Å². The number of carbonyl (C=O) groups is 2. The van der Waals surface area contributed by atoms with Crippen molar-refractivity contribution in [2.45, 2.75) is 25.4 Å². The molecule has 1 fully saturated rings. The Morgan fingerprint density at radius 2 is 1.96 bits per heavy atom. The van der Waals surface area contributed by atoms with Crippen molar-refractivity contribution in [2.24, 2.45) is 0 Å². The third-order valence-corrected chi connectivity index (χ3v) is 4.35. The van der Waals surface area contributed by atoms with Crippen LogP contribution in [0.1, 0.15) is 28.9 Å². The van der Waals surface area contributed by atoms with Crippen LogP contribution in [0.2, 0.25) is 0 Å². The first-order valence-electron chi connectivity index (χ1n) is 8.52. The summed E-state index contributed by atoms with van der Waals surface area (Å²) in [4.78, 5) is 29.6. The molecule has 0 unspecified atom stereocenters. The number of aliphatic carboxylic acids is 1. The Labute approximate surface area is 151 Å². The summed E-state index contributed by atoms with van der Waals surface area (Å²) in [7, 11) is 0. The summed E-state index contributed by atoms with van der Waals surface area (Å²) in [5, 5.41) is 21.2. The van der Waals surface area contributed by atoms with Crippen LogP contribution in [0, 0.1) is 0 Å². The molecule has 1 aromatic carbocycles. The molecule has 1 aromatic heterocycles. The van der Waals surface area contributed by atoms with Crippen molar-refractivity contribution in [3.8, 4) is 0 Å². The van der Waals surface area contributed by atoms with E-state index in [1.54, 1.807) is 36.5 Å². The van der Waals surface area contributed by atoms with Gasteiger partial charge in [0.2, 0.25) is 0 Å². The number of carbonyl (C=O) groups excluding carboxylic acids is 1. The second kappa shape index (κ2) is 7.97. The summed E-state index contributed by atoms with van der Waals surface area (Å²) in [6.07, 6.45) is 2.66. The first kappa shape index (κ1) is 17.9. The highest BCUT2D eigenvalue weighted by Crippen LogP contribution is 2.21.